The summed E-state index contributed by atoms with van der Waals surface area (Å²) in [6.07, 6.45) is 9.55. The number of carboxylic acid groups (broad SMARTS) is 1. The minimum absolute atomic E-state index is 0.00123. The van der Waals surface area contributed by atoms with Crippen molar-refractivity contribution in [3.63, 3.8) is 0 Å². The van der Waals surface area contributed by atoms with E-state index in [-0.39, 0.29) is 31.7 Å². The molecule has 1 aromatic heterocycles. The fraction of sp³-hybridized carbons (Fsp3) is 0.533. The molecule has 9 rings (SSSR count). The fourth-order valence-electron chi connectivity index (χ4n) is 9.51. The van der Waals surface area contributed by atoms with Gasteiger partial charge < -0.3 is 24.8 Å². The number of methoxy groups -OCH3 is 1. The van der Waals surface area contributed by atoms with E-state index in [0.717, 1.165) is 51.9 Å². The highest BCUT2D eigenvalue weighted by Crippen LogP contribution is 2.52. The Morgan fingerprint density at radius 2 is 1.80 bits per heavy atom. The van der Waals surface area contributed by atoms with Crippen LogP contribution in [0.3, 0.4) is 0 Å². The number of sulfonamides is 1. The standard InChI is InChI=1S/C45H53N5O9S/c1-27-11-15-30(16-12-27)50(42(54)55)35-10-8-6-4-5-7-9-29-24-45(29,41(53)48-60(56,57)43(2)21-22-43)47-39(51)36-25-44(26-49(36)40(35)52)20-19-33-32-18-17-31(58-3)23-34(32)46-37(28-13-14-28)38(33)59-44/h7,9,11-12,15-18,23,28-29,35-36H,4-6,8,10,13-14,19-22,24-26H2,1-3H3,(H,47,51)(H,48,53)(H,54,55)/b9-7-/t29-,35+,36+,44-,45-/m1/s1. The highest BCUT2D eigenvalue weighted by Gasteiger charge is 2.64. The molecule has 3 aliphatic carbocycles. The van der Waals surface area contributed by atoms with Gasteiger partial charge in [0.2, 0.25) is 21.8 Å². The minimum atomic E-state index is -4.02. The van der Waals surface area contributed by atoms with Crippen molar-refractivity contribution >= 4 is 50.4 Å². The number of carbonyl (C=O) groups is 4. The maximum atomic E-state index is 15.3. The number of rotatable bonds is 7. The summed E-state index contributed by atoms with van der Waals surface area (Å²) >= 11 is 0. The Balaban J connectivity index is 1.11. The van der Waals surface area contributed by atoms with E-state index < -0.39 is 67.7 Å². The van der Waals surface area contributed by atoms with Crippen LogP contribution in [0.4, 0.5) is 10.5 Å². The molecule has 318 valence electrons. The van der Waals surface area contributed by atoms with Crippen LogP contribution in [0.1, 0.15) is 107 Å². The summed E-state index contributed by atoms with van der Waals surface area (Å²) in [7, 11) is -2.40. The summed E-state index contributed by atoms with van der Waals surface area (Å²) in [5.41, 5.74) is 1.36. The van der Waals surface area contributed by atoms with Crippen molar-refractivity contribution in [2.24, 2.45) is 5.92 Å². The molecule has 4 heterocycles. The number of nitrogens with zero attached hydrogens (tertiary/aromatic N) is 3. The van der Waals surface area contributed by atoms with E-state index in [9.17, 15) is 27.9 Å². The van der Waals surface area contributed by atoms with Crippen LogP contribution in [-0.2, 0) is 30.8 Å². The highest BCUT2D eigenvalue weighted by molar-refractivity contribution is 7.91. The minimum Gasteiger partial charge on any atom is -0.497 e. The van der Waals surface area contributed by atoms with E-state index >= 15 is 4.79 Å². The van der Waals surface area contributed by atoms with Gasteiger partial charge in [-0.3, -0.25) is 24.0 Å². The Morgan fingerprint density at radius 1 is 1.03 bits per heavy atom. The Hall–Kier alpha value is -5.18. The molecule has 1 saturated heterocycles. The second-order valence-corrected chi connectivity index (χ2v) is 20.4. The van der Waals surface area contributed by atoms with Gasteiger partial charge in [0.25, 0.3) is 5.91 Å². The third-order valence-electron chi connectivity index (χ3n) is 13.8. The number of allylic oxidation sites excluding steroid dienone is 1. The molecule has 0 radical (unpaired) electrons. The lowest BCUT2D eigenvalue weighted by atomic mass is 9.86. The van der Waals surface area contributed by atoms with Crippen molar-refractivity contribution < 1.29 is 42.2 Å². The quantitative estimate of drug-likeness (QED) is 0.237. The molecule has 3 aliphatic heterocycles. The molecule has 3 aromatic rings. The first kappa shape index (κ1) is 40.2. The average molecular weight is 840 g/mol. The van der Waals surface area contributed by atoms with Crippen molar-refractivity contribution in [3.05, 3.63) is 71.4 Å². The van der Waals surface area contributed by atoms with Gasteiger partial charge in [-0.1, -0.05) is 42.7 Å². The molecule has 0 bridgehead atoms. The fourth-order valence-corrected chi connectivity index (χ4v) is 10.8. The van der Waals surface area contributed by atoms with Crippen molar-refractivity contribution in [1.82, 2.24) is 19.9 Å². The molecule has 2 aromatic carbocycles. The number of benzene rings is 2. The predicted molar refractivity (Wildman–Crippen MR) is 223 cm³/mol. The Labute approximate surface area is 350 Å². The lowest BCUT2D eigenvalue weighted by molar-refractivity contribution is -0.140. The molecule has 4 amide bonds. The first-order chi connectivity index (χ1) is 28.7. The first-order valence-electron chi connectivity index (χ1n) is 21.3. The summed E-state index contributed by atoms with van der Waals surface area (Å²) in [6, 6.07) is 10.5. The van der Waals surface area contributed by atoms with Gasteiger partial charge >= 0.3 is 6.09 Å². The van der Waals surface area contributed by atoms with E-state index in [0.29, 0.717) is 62.1 Å². The van der Waals surface area contributed by atoms with Crippen molar-refractivity contribution in [3.8, 4) is 11.5 Å². The summed E-state index contributed by atoms with van der Waals surface area (Å²) < 4.78 is 40.5. The molecule has 4 fully saturated rings. The first-order valence-corrected chi connectivity index (χ1v) is 22.8. The summed E-state index contributed by atoms with van der Waals surface area (Å²) in [4.78, 5) is 65.2. The molecule has 15 heteroatoms. The van der Waals surface area contributed by atoms with Gasteiger partial charge in [0.1, 0.15) is 34.7 Å². The molecule has 0 unspecified atom stereocenters. The van der Waals surface area contributed by atoms with Gasteiger partial charge in [0, 0.05) is 41.0 Å². The van der Waals surface area contributed by atoms with Crippen molar-refractivity contribution in [1.29, 1.82) is 0 Å². The second-order valence-electron chi connectivity index (χ2n) is 18.2. The lowest BCUT2D eigenvalue weighted by Crippen LogP contribution is -2.59. The molecule has 14 nitrogen and oxygen atoms in total. The molecule has 3 saturated carbocycles. The Bertz CT molecular complexity index is 2410. The maximum Gasteiger partial charge on any atom is 0.412 e. The number of hydrogen-bond acceptors (Lipinski definition) is 9. The van der Waals surface area contributed by atoms with E-state index in [2.05, 4.69) is 10.0 Å². The molecule has 3 N–H and O–H groups in total. The Kier molecular flexibility index (Phi) is 9.91. The number of carbonyl (C=O) groups excluding carboxylic acids is 3. The van der Waals surface area contributed by atoms with Crippen LogP contribution >= 0.6 is 0 Å². The van der Waals surface area contributed by atoms with Gasteiger partial charge in [0.15, 0.2) is 0 Å². The largest absolute Gasteiger partial charge is 0.497 e. The van der Waals surface area contributed by atoms with Gasteiger partial charge in [-0.2, -0.15) is 0 Å². The van der Waals surface area contributed by atoms with E-state index in [1.165, 1.54) is 4.90 Å². The molecule has 5 atom stereocenters. The second kappa shape index (κ2) is 14.8. The summed E-state index contributed by atoms with van der Waals surface area (Å²) in [5.74, 6) is -0.828. The van der Waals surface area contributed by atoms with Crippen LogP contribution < -0.4 is 24.4 Å². The Morgan fingerprint density at radius 3 is 2.50 bits per heavy atom. The maximum absolute atomic E-state index is 15.3. The highest BCUT2D eigenvalue weighted by atomic mass is 32.2. The molecule has 1 spiro atoms. The van der Waals surface area contributed by atoms with Gasteiger partial charge in [0.05, 0.1) is 29.6 Å². The molecule has 6 aliphatic rings. The zero-order valence-corrected chi connectivity index (χ0v) is 35.2. The van der Waals surface area contributed by atoms with Gasteiger partial charge in [-0.15, -0.1) is 0 Å². The smallest absolute Gasteiger partial charge is 0.412 e. The number of ether oxygens (including phenoxy) is 2. The van der Waals surface area contributed by atoms with Crippen LogP contribution in [-0.4, -0.2) is 88.8 Å². The third kappa shape index (κ3) is 7.15. The molecular weight excluding hydrogens is 787 g/mol. The van der Waals surface area contributed by atoms with Crippen LogP contribution in [0.15, 0.2) is 54.6 Å². The number of amides is 4. The van der Waals surface area contributed by atoms with Gasteiger partial charge in [-0.05, 0) is 102 Å². The predicted octanol–water partition coefficient (Wildman–Crippen LogP) is 6.04. The van der Waals surface area contributed by atoms with E-state index in [1.807, 2.05) is 37.3 Å². The van der Waals surface area contributed by atoms with Crippen LogP contribution in [0.5, 0.6) is 11.5 Å². The van der Waals surface area contributed by atoms with Crippen LogP contribution in [0.25, 0.3) is 10.9 Å². The van der Waals surface area contributed by atoms with Crippen molar-refractivity contribution in [2.45, 2.75) is 131 Å². The number of anilines is 1. The SMILES string of the molecule is COc1ccc2c3c(c(C4CC4)nc2c1)O[C@]1(CC3)C[C@H]2C(=O)N[C@]3(C(=O)NS(=O)(=O)C4(C)CC4)C[C@H]3/C=C\CCCCC[C@H](N(C(=O)O)c3ccc(C)cc3)C(=O)N2C1. The van der Waals surface area contributed by atoms with Gasteiger partial charge in [-0.25, -0.2) is 18.2 Å². The van der Waals surface area contributed by atoms with Crippen molar-refractivity contribution in [2.75, 3.05) is 18.6 Å². The topological polar surface area (TPSA) is 185 Å². The van der Waals surface area contributed by atoms with E-state index in [1.54, 1.807) is 38.3 Å². The number of pyridine rings is 1. The number of fused-ring (bicyclic) bond motifs is 5. The number of nitrogens with one attached hydrogen (secondary N) is 2. The number of aryl methyl sites for hydroxylation is 2. The van der Waals surface area contributed by atoms with Crippen LogP contribution in [0, 0.1) is 12.8 Å². The normalized spacial score (nSPS) is 29.1. The molecular formula is C45H53N5O9S. The monoisotopic (exact) mass is 839 g/mol. The zero-order valence-electron chi connectivity index (χ0n) is 34.4. The lowest BCUT2D eigenvalue weighted by Gasteiger charge is -2.37. The molecule has 60 heavy (non-hydrogen) atoms. The van der Waals surface area contributed by atoms with Crippen LogP contribution in [0.2, 0.25) is 0 Å². The van der Waals surface area contributed by atoms with E-state index in [4.69, 9.17) is 14.5 Å². The zero-order chi connectivity index (χ0) is 42.2. The number of aromatic nitrogens is 1. The number of hydrogen-bond donors (Lipinski definition) is 3. The third-order valence-corrected chi connectivity index (χ3v) is 16.0. The summed E-state index contributed by atoms with van der Waals surface area (Å²) in [6.45, 7) is 3.50. The summed E-state index contributed by atoms with van der Waals surface area (Å²) in [5, 5.41) is 14.7. The average Bonchev–Trinajstić information content (AvgIpc) is 4.16.